The van der Waals surface area contributed by atoms with E-state index in [9.17, 15) is 0 Å². The van der Waals surface area contributed by atoms with Crippen molar-refractivity contribution in [2.24, 2.45) is 5.73 Å². The van der Waals surface area contributed by atoms with Crippen LogP contribution in [0.4, 0.5) is 5.69 Å². The molecule has 2 nitrogen and oxygen atoms in total. The Balaban J connectivity index is 2.89. The molecule has 0 aliphatic carbocycles. The minimum Gasteiger partial charge on any atom is -0.371 e. The summed E-state index contributed by atoms with van der Waals surface area (Å²) in [6, 6.07) is 6.88. The minimum atomic E-state index is 0.523. The lowest BCUT2D eigenvalue weighted by atomic mass is 10.1. The fraction of sp³-hybridized carbons (Fsp3) is 0.500. The first-order valence-corrected chi connectivity index (χ1v) is 7.48. The Morgan fingerprint density at radius 2 is 2.12 bits per heavy atom. The van der Waals surface area contributed by atoms with E-state index in [1.54, 1.807) is 0 Å². The van der Waals surface area contributed by atoms with Crippen molar-refractivity contribution in [3.05, 3.63) is 28.2 Å². The van der Waals surface area contributed by atoms with Crippen molar-refractivity contribution in [3.8, 4) is 0 Å². The number of rotatable bonds is 5. The zero-order valence-corrected chi connectivity index (χ0v) is 12.4. The molecule has 16 heavy (non-hydrogen) atoms. The summed E-state index contributed by atoms with van der Waals surface area (Å²) >= 11 is 5.39. The fourth-order valence-electron chi connectivity index (χ4n) is 1.56. The predicted molar refractivity (Wildman–Crippen MR) is 78.3 cm³/mol. The molecule has 0 heterocycles. The average molecular weight is 303 g/mol. The van der Waals surface area contributed by atoms with E-state index in [0.29, 0.717) is 12.6 Å². The first-order chi connectivity index (χ1) is 7.58. The molecule has 90 valence electrons. The number of anilines is 1. The molecule has 1 rings (SSSR count). The van der Waals surface area contributed by atoms with Gasteiger partial charge < -0.3 is 10.6 Å². The number of hydrogen-bond donors (Lipinski definition) is 1. The Hall–Kier alpha value is -0.190. The molecule has 0 fully saturated rings. The van der Waals surface area contributed by atoms with Crippen LogP contribution in [0.15, 0.2) is 22.7 Å². The summed E-state index contributed by atoms with van der Waals surface area (Å²) in [6.07, 6.45) is 2.14. The molecular weight excluding hydrogens is 284 g/mol. The molecule has 0 radical (unpaired) electrons. The van der Waals surface area contributed by atoms with Crippen molar-refractivity contribution >= 4 is 33.4 Å². The third-order valence-corrected chi connectivity index (χ3v) is 3.93. The molecular formula is C12H19BrN2S. The summed E-state index contributed by atoms with van der Waals surface area (Å²) in [7, 11) is 2.13. The van der Waals surface area contributed by atoms with Crippen LogP contribution in [0.2, 0.25) is 0 Å². The molecule has 4 heteroatoms. The van der Waals surface area contributed by atoms with Crippen LogP contribution in [-0.4, -0.2) is 25.1 Å². The van der Waals surface area contributed by atoms with E-state index >= 15 is 0 Å². The lowest BCUT2D eigenvalue weighted by Gasteiger charge is -2.27. The third-order valence-electron chi connectivity index (χ3n) is 2.65. The van der Waals surface area contributed by atoms with Gasteiger partial charge in [-0.05, 0) is 36.9 Å². The van der Waals surface area contributed by atoms with Crippen molar-refractivity contribution in [1.29, 1.82) is 0 Å². The van der Waals surface area contributed by atoms with Gasteiger partial charge in [0, 0.05) is 35.5 Å². The SMILES string of the molecule is CSCC(C)N(C)c1cc(Br)cc(CN)c1. The maximum Gasteiger partial charge on any atom is 0.0380 e. The van der Waals surface area contributed by atoms with E-state index in [4.69, 9.17) is 5.73 Å². The molecule has 0 aliphatic rings. The normalized spacial score (nSPS) is 12.6. The van der Waals surface area contributed by atoms with Crippen molar-refractivity contribution in [2.75, 3.05) is 24.0 Å². The van der Waals surface area contributed by atoms with Crippen molar-refractivity contribution in [3.63, 3.8) is 0 Å². The highest BCUT2D eigenvalue weighted by atomic mass is 79.9. The molecule has 0 spiro atoms. The van der Waals surface area contributed by atoms with Crippen LogP contribution >= 0.6 is 27.7 Å². The zero-order chi connectivity index (χ0) is 12.1. The molecule has 1 unspecified atom stereocenters. The molecule has 0 bridgehead atoms. The Morgan fingerprint density at radius 3 is 2.69 bits per heavy atom. The van der Waals surface area contributed by atoms with E-state index < -0.39 is 0 Å². The lowest BCUT2D eigenvalue weighted by molar-refractivity contribution is 0.764. The molecule has 1 aromatic carbocycles. The highest BCUT2D eigenvalue weighted by Crippen LogP contribution is 2.24. The van der Waals surface area contributed by atoms with Crippen LogP contribution < -0.4 is 10.6 Å². The van der Waals surface area contributed by atoms with Gasteiger partial charge in [0.25, 0.3) is 0 Å². The predicted octanol–water partition coefficient (Wildman–Crippen LogP) is 3.10. The fourth-order valence-corrected chi connectivity index (χ4v) is 2.80. The van der Waals surface area contributed by atoms with Gasteiger partial charge in [0.2, 0.25) is 0 Å². The first kappa shape index (κ1) is 13.9. The molecule has 2 N–H and O–H groups in total. The van der Waals surface area contributed by atoms with Crippen LogP contribution in [0.25, 0.3) is 0 Å². The molecule has 0 saturated carbocycles. The van der Waals surface area contributed by atoms with Gasteiger partial charge >= 0.3 is 0 Å². The van der Waals surface area contributed by atoms with E-state index in [1.165, 1.54) is 5.69 Å². The number of nitrogens with zero attached hydrogens (tertiary/aromatic N) is 1. The van der Waals surface area contributed by atoms with Gasteiger partial charge in [-0.3, -0.25) is 0 Å². The molecule has 1 atom stereocenters. The number of nitrogens with two attached hydrogens (primary N) is 1. The van der Waals surface area contributed by atoms with Gasteiger partial charge in [-0.15, -0.1) is 0 Å². The summed E-state index contributed by atoms with van der Waals surface area (Å²) in [6.45, 7) is 2.82. The number of hydrogen-bond acceptors (Lipinski definition) is 3. The third kappa shape index (κ3) is 3.68. The van der Waals surface area contributed by atoms with Gasteiger partial charge in [-0.1, -0.05) is 15.9 Å². The summed E-state index contributed by atoms with van der Waals surface area (Å²) < 4.78 is 1.09. The lowest BCUT2D eigenvalue weighted by Crippen LogP contribution is -2.30. The van der Waals surface area contributed by atoms with Crippen LogP contribution in [0.5, 0.6) is 0 Å². The topological polar surface area (TPSA) is 29.3 Å². The molecule has 0 amide bonds. The molecule has 0 aliphatic heterocycles. The van der Waals surface area contributed by atoms with Crippen LogP contribution in [-0.2, 0) is 6.54 Å². The van der Waals surface area contributed by atoms with E-state index in [2.05, 4.69) is 59.3 Å². The Labute approximate surface area is 111 Å². The van der Waals surface area contributed by atoms with Crippen molar-refractivity contribution in [2.45, 2.75) is 19.5 Å². The van der Waals surface area contributed by atoms with Gasteiger partial charge in [0.15, 0.2) is 0 Å². The van der Waals surface area contributed by atoms with Gasteiger partial charge in [0.05, 0.1) is 0 Å². The smallest absolute Gasteiger partial charge is 0.0380 e. The van der Waals surface area contributed by atoms with E-state index in [1.807, 2.05) is 11.8 Å². The number of thioether (sulfide) groups is 1. The summed E-state index contributed by atoms with van der Waals surface area (Å²) in [5.41, 5.74) is 8.06. The number of benzene rings is 1. The molecule has 0 aromatic heterocycles. The monoisotopic (exact) mass is 302 g/mol. The van der Waals surface area contributed by atoms with E-state index in [0.717, 1.165) is 15.8 Å². The van der Waals surface area contributed by atoms with Crippen LogP contribution in [0.3, 0.4) is 0 Å². The Morgan fingerprint density at radius 1 is 1.44 bits per heavy atom. The number of halogens is 1. The van der Waals surface area contributed by atoms with Gasteiger partial charge in [-0.2, -0.15) is 11.8 Å². The Bertz CT molecular complexity index is 344. The Kier molecular flexibility index (Phi) is 5.66. The molecule has 0 saturated heterocycles. The zero-order valence-electron chi connectivity index (χ0n) is 10.0. The summed E-state index contributed by atoms with van der Waals surface area (Å²) in [5, 5.41) is 0. The average Bonchev–Trinajstić information content (AvgIpc) is 2.27. The second-order valence-corrected chi connectivity index (χ2v) is 5.76. The highest BCUT2D eigenvalue weighted by Gasteiger charge is 2.10. The van der Waals surface area contributed by atoms with Crippen molar-refractivity contribution < 1.29 is 0 Å². The second-order valence-electron chi connectivity index (χ2n) is 3.94. The summed E-state index contributed by atoms with van der Waals surface area (Å²) in [5.74, 6) is 1.13. The standard InChI is InChI=1S/C12H19BrN2S/c1-9(8-16-3)15(2)12-5-10(7-14)4-11(13)6-12/h4-6,9H,7-8,14H2,1-3H3. The maximum absolute atomic E-state index is 5.68. The van der Waals surface area contributed by atoms with Crippen LogP contribution in [0, 0.1) is 0 Å². The van der Waals surface area contributed by atoms with Gasteiger partial charge in [0.1, 0.15) is 0 Å². The maximum atomic E-state index is 5.68. The van der Waals surface area contributed by atoms with Crippen LogP contribution in [0.1, 0.15) is 12.5 Å². The van der Waals surface area contributed by atoms with Gasteiger partial charge in [-0.25, -0.2) is 0 Å². The van der Waals surface area contributed by atoms with Crippen molar-refractivity contribution in [1.82, 2.24) is 0 Å². The molecule has 1 aromatic rings. The highest BCUT2D eigenvalue weighted by molar-refractivity contribution is 9.10. The largest absolute Gasteiger partial charge is 0.371 e. The van der Waals surface area contributed by atoms with E-state index in [-0.39, 0.29) is 0 Å². The quantitative estimate of drug-likeness (QED) is 0.906. The first-order valence-electron chi connectivity index (χ1n) is 5.29. The minimum absolute atomic E-state index is 0.523. The summed E-state index contributed by atoms with van der Waals surface area (Å²) in [4.78, 5) is 2.29. The second kappa shape index (κ2) is 6.52.